The van der Waals surface area contributed by atoms with Crippen LogP contribution >= 0.6 is 11.3 Å². The van der Waals surface area contributed by atoms with Crippen LogP contribution in [0.2, 0.25) is 0 Å². The van der Waals surface area contributed by atoms with Crippen LogP contribution in [0.1, 0.15) is 6.42 Å². The van der Waals surface area contributed by atoms with Crippen molar-refractivity contribution in [2.75, 3.05) is 5.32 Å². The van der Waals surface area contributed by atoms with Gasteiger partial charge in [-0.25, -0.2) is 9.97 Å². The van der Waals surface area contributed by atoms with Crippen molar-refractivity contribution in [2.45, 2.75) is 13.0 Å². The number of rotatable bonds is 6. The molecule has 5 rings (SSSR count). The minimum atomic E-state index is -0.221. The first kappa shape index (κ1) is 20.8. The lowest BCUT2D eigenvalue weighted by Crippen LogP contribution is -2.23. The molecule has 0 unspecified atom stereocenters. The molecule has 0 saturated heterocycles. The first-order valence-electron chi connectivity index (χ1n) is 10.4. The molecule has 9 heteroatoms. The first-order chi connectivity index (χ1) is 16.1. The lowest BCUT2D eigenvalue weighted by molar-refractivity contribution is -0.116. The number of anilines is 1. The van der Waals surface area contributed by atoms with E-state index in [-0.39, 0.29) is 24.4 Å². The van der Waals surface area contributed by atoms with Crippen molar-refractivity contribution in [3.8, 4) is 21.7 Å². The second-order valence-corrected chi connectivity index (χ2v) is 8.47. The summed E-state index contributed by atoms with van der Waals surface area (Å²) in [6.45, 7) is 0.213. The number of aromatic nitrogens is 5. The molecule has 164 valence electrons. The lowest BCUT2D eigenvalue weighted by atomic mass is 10.1. The number of nitrogens with one attached hydrogen (secondary N) is 1. The number of benzene rings is 2. The SMILES string of the molecule is Cn1ncc2c(=O)n(CCC(=O)Nc3nc(-c4ccccc4)c(-c4ccccc4)s3)cnc21. The van der Waals surface area contributed by atoms with Gasteiger partial charge in [-0.2, -0.15) is 5.10 Å². The van der Waals surface area contributed by atoms with E-state index in [9.17, 15) is 9.59 Å². The second kappa shape index (κ2) is 8.79. The summed E-state index contributed by atoms with van der Waals surface area (Å²) in [6.07, 6.45) is 3.06. The summed E-state index contributed by atoms with van der Waals surface area (Å²) in [7, 11) is 1.73. The molecule has 3 heterocycles. The van der Waals surface area contributed by atoms with Crippen LogP contribution in [-0.4, -0.2) is 30.2 Å². The summed E-state index contributed by atoms with van der Waals surface area (Å²) in [4.78, 5) is 35.2. The van der Waals surface area contributed by atoms with E-state index in [1.54, 1.807) is 11.7 Å². The second-order valence-electron chi connectivity index (χ2n) is 7.48. The van der Waals surface area contributed by atoms with Crippen LogP contribution in [0.25, 0.3) is 32.7 Å². The zero-order chi connectivity index (χ0) is 22.8. The van der Waals surface area contributed by atoms with E-state index in [1.807, 2.05) is 60.7 Å². The van der Waals surface area contributed by atoms with Crippen molar-refractivity contribution in [2.24, 2.45) is 7.05 Å². The van der Waals surface area contributed by atoms with Crippen LogP contribution < -0.4 is 10.9 Å². The summed E-state index contributed by atoms with van der Waals surface area (Å²) < 4.78 is 2.97. The molecule has 0 atom stereocenters. The summed E-state index contributed by atoms with van der Waals surface area (Å²) in [5, 5.41) is 7.90. The fraction of sp³-hybridized carbons (Fsp3) is 0.125. The monoisotopic (exact) mass is 456 g/mol. The number of amides is 1. The van der Waals surface area contributed by atoms with Crippen LogP contribution in [-0.2, 0) is 18.4 Å². The molecule has 0 aliphatic carbocycles. The molecule has 5 aromatic rings. The Morgan fingerprint density at radius 3 is 2.45 bits per heavy atom. The number of nitrogens with zero attached hydrogens (tertiary/aromatic N) is 5. The molecule has 0 saturated carbocycles. The van der Waals surface area contributed by atoms with Crippen molar-refractivity contribution >= 4 is 33.4 Å². The van der Waals surface area contributed by atoms with E-state index in [1.165, 1.54) is 28.4 Å². The van der Waals surface area contributed by atoms with Gasteiger partial charge in [0.15, 0.2) is 10.8 Å². The van der Waals surface area contributed by atoms with Gasteiger partial charge < -0.3 is 5.32 Å². The summed E-state index contributed by atoms with van der Waals surface area (Å²) in [6, 6.07) is 19.9. The molecule has 0 radical (unpaired) electrons. The Morgan fingerprint density at radius 2 is 1.73 bits per heavy atom. The van der Waals surface area contributed by atoms with Gasteiger partial charge in [0.05, 0.1) is 23.1 Å². The molecule has 3 aromatic heterocycles. The van der Waals surface area contributed by atoms with Gasteiger partial charge in [-0.15, -0.1) is 0 Å². The van der Waals surface area contributed by atoms with Crippen molar-refractivity contribution in [3.63, 3.8) is 0 Å². The average Bonchev–Trinajstić information content (AvgIpc) is 3.44. The Kier molecular flexibility index (Phi) is 5.54. The van der Waals surface area contributed by atoms with Crippen molar-refractivity contribution < 1.29 is 4.79 Å². The van der Waals surface area contributed by atoms with E-state index in [2.05, 4.69) is 15.4 Å². The summed E-state index contributed by atoms with van der Waals surface area (Å²) >= 11 is 1.43. The molecule has 0 fully saturated rings. The fourth-order valence-electron chi connectivity index (χ4n) is 3.58. The maximum Gasteiger partial charge on any atom is 0.264 e. The summed E-state index contributed by atoms with van der Waals surface area (Å²) in [5.41, 5.74) is 3.15. The third kappa shape index (κ3) is 4.18. The molecular weight excluding hydrogens is 436 g/mol. The van der Waals surface area contributed by atoms with E-state index in [4.69, 9.17) is 4.98 Å². The standard InChI is InChI=1S/C24H20N6O2S/c1-29-22-18(14-26-29)23(32)30(15-25-22)13-12-19(31)27-24-28-20(16-8-4-2-5-9-16)21(33-24)17-10-6-3-7-11-17/h2-11,14-15H,12-13H2,1H3,(H,27,28,31). The third-order valence-corrected chi connectivity index (χ3v) is 6.27. The van der Waals surface area contributed by atoms with Gasteiger partial charge >= 0.3 is 0 Å². The number of hydrogen-bond acceptors (Lipinski definition) is 6. The first-order valence-corrected chi connectivity index (χ1v) is 11.2. The minimum absolute atomic E-state index is 0.119. The molecule has 0 aliphatic heterocycles. The van der Waals surface area contributed by atoms with Crippen molar-refractivity contribution in [3.05, 3.63) is 83.5 Å². The number of fused-ring (bicyclic) bond motifs is 1. The van der Waals surface area contributed by atoms with Crippen LogP contribution in [0.4, 0.5) is 5.13 Å². The Balaban J connectivity index is 1.36. The smallest absolute Gasteiger partial charge is 0.264 e. The van der Waals surface area contributed by atoms with E-state index < -0.39 is 0 Å². The minimum Gasteiger partial charge on any atom is -0.302 e. The van der Waals surface area contributed by atoms with Gasteiger partial charge in [-0.1, -0.05) is 72.0 Å². The number of carbonyl (C=O) groups excluding carboxylic acids is 1. The van der Waals surface area contributed by atoms with Crippen molar-refractivity contribution in [1.29, 1.82) is 0 Å². The number of aryl methyl sites for hydroxylation is 2. The zero-order valence-electron chi connectivity index (χ0n) is 17.8. The van der Waals surface area contributed by atoms with E-state index >= 15 is 0 Å². The van der Waals surface area contributed by atoms with Crippen LogP contribution in [0, 0.1) is 0 Å². The fourth-order valence-corrected chi connectivity index (χ4v) is 4.59. The quantitative estimate of drug-likeness (QED) is 0.418. The van der Waals surface area contributed by atoms with Crippen molar-refractivity contribution in [1.82, 2.24) is 24.3 Å². The number of carbonyl (C=O) groups is 1. The van der Waals surface area contributed by atoms with Gasteiger partial charge in [-0.3, -0.25) is 18.8 Å². The number of thiazole rings is 1. The molecule has 1 amide bonds. The topological polar surface area (TPSA) is 94.7 Å². The van der Waals surface area contributed by atoms with Crippen LogP contribution in [0.3, 0.4) is 0 Å². The van der Waals surface area contributed by atoms with Gasteiger partial charge in [0.2, 0.25) is 5.91 Å². The highest BCUT2D eigenvalue weighted by Gasteiger charge is 2.16. The maximum atomic E-state index is 12.7. The molecule has 1 N–H and O–H groups in total. The zero-order valence-corrected chi connectivity index (χ0v) is 18.6. The Morgan fingerprint density at radius 1 is 1.03 bits per heavy atom. The highest BCUT2D eigenvalue weighted by molar-refractivity contribution is 7.19. The van der Waals surface area contributed by atoms with Crippen LogP contribution in [0.5, 0.6) is 0 Å². The highest BCUT2D eigenvalue weighted by atomic mass is 32.1. The number of hydrogen-bond donors (Lipinski definition) is 1. The van der Waals surface area contributed by atoms with E-state index in [0.717, 1.165) is 21.7 Å². The Labute approximate surface area is 193 Å². The van der Waals surface area contributed by atoms with Gasteiger partial charge in [-0.05, 0) is 5.56 Å². The largest absolute Gasteiger partial charge is 0.302 e. The van der Waals surface area contributed by atoms with Gasteiger partial charge in [0.1, 0.15) is 5.39 Å². The van der Waals surface area contributed by atoms with Crippen LogP contribution in [0.15, 0.2) is 78.0 Å². The van der Waals surface area contributed by atoms with E-state index in [0.29, 0.717) is 16.2 Å². The molecule has 0 aliphatic rings. The molecular formula is C24H20N6O2S. The maximum absolute atomic E-state index is 12.7. The predicted molar refractivity (Wildman–Crippen MR) is 129 cm³/mol. The molecule has 2 aromatic carbocycles. The normalized spacial score (nSPS) is 11.1. The molecule has 8 nitrogen and oxygen atoms in total. The highest BCUT2D eigenvalue weighted by Crippen LogP contribution is 2.38. The summed E-state index contributed by atoms with van der Waals surface area (Å²) in [5.74, 6) is -0.221. The predicted octanol–water partition coefficient (Wildman–Crippen LogP) is 3.95. The molecule has 0 bridgehead atoms. The van der Waals surface area contributed by atoms with Gasteiger partial charge in [0, 0.05) is 25.6 Å². The average molecular weight is 457 g/mol. The lowest BCUT2D eigenvalue weighted by Gasteiger charge is -2.05. The Hall–Kier alpha value is -4.11. The van der Waals surface area contributed by atoms with Gasteiger partial charge in [0.25, 0.3) is 5.56 Å². The Bertz CT molecular complexity index is 1430. The molecule has 33 heavy (non-hydrogen) atoms. The molecule has 0 spiro atoms. The third-order valence-electron chi connectivity index (χ3n) is 5.25.